The van der Waals surface area contributed by atoms with E-state index in [1.165, 1.54) is 6.07 Å². The molecule has 0 N–H and O–H groups in total. The third-order valence-electron chi connectivity index (χ3n) is 2.34. The summed E-state index contributed by atoms with van der Waals surface area (Å²) in [5, 5.41) is 0. The molecule has 0 amide bonds. The molecule has 1 heterocycles. The highest BCUT2D eigenvalue weighted by molar-refractivity contribution is 6.17. The van der Waals surface area contributed by atoms with E-state index < -0.39 is 0 Å². The molecule has 0 saturated heterocycles. The fraction of sp³-hybridized carbons (Fsp3) is 0.154. The van der Waals surface area contributed by atoms with Crippen molar-refractivity contribution in [1.29, 1.82) is 0 Å². The summed E-state index contributed by atoms with van der Waals surface area (Å²) in [6.07, 6.45) is 1.63. The summed E-state index contributed by atoms with van der Waals surface area (Å²) in [5.74, 6) is 1.07. The summed E-state index contributed by atoms with van der Waals surface area (Å²) < 4.78 is 18.7. The first-order chi connectivity index (χ1) is 8.20. The van der Waals surface area contributed by atoms with Gasteiger partial charge in [0, 0.05) is 11.8 Å². The molecule has 17 heavy (non-hydrogen) atoms. The van der Waals surface area contributed by atoms with Crippen molar-refractivity contribution < 1.29 is 9.13 Å². The minimum absolute atomic E-state index is 0.254. The molecular formula is C13H11ClFNO. The van der Waals surface area contributed by atoms with Crippen molar-refractivity contribution in [1.82, 2.24) is 4.98 Å². The van der Waals surface area contributed by atoms with Gasteiger partial charge in [-0.3, -0.25) is 0 Å². The van der Waals surface area contributed by atoms with E-state index in [2.05, 4.69) is 4.98 Å². The zero-order valence-corrected chi connectivity index (χ0v) is 10.0. The van der Waals surface area contributed by atoms with Gasteiger partial charge in [-0.2, -0.15) is 0 Å². The van der Waals surface area contributed by atoms with Crippen LogP contribution in [0, 0.1) is 12.7 Å². The van der Waals surface area contributed by atoms with Crippen LogP contribution in [0.15, 0.2) is 36.5 Å². The number of alkyl halides is 1. The maximum atomic E-state index is 13.1. The number of aromatic nitrogens is 1. The van der Waals surface area contributed by atoms with Crippen molar-refractivity contribution in [3.63, 3.8) is 0 Å². The Balaban J connectivity index is 2.28. The van der Waals surface area contributed by atoms with Gasteiger partial charge in [0.2, 0.25) is 5.88 Å². The number of hydrogen-bond donors (Lipinski definition) is 0. The second-order valence-electron chi connectivity index (χ2n) is 3.61. The Morgan fingerprint density at radius 1 is 1.35 bits per heavy atom. The third kappa shape index (κ3) is 2.74. The molecule has 1 aromatic heterocycles. The van der Waals surface area contributed by atoms with Gasteiger partial charge in [0.05, 0.1) is 5.88 Å². The Morgan fingerprint density at radius 3 is 2.88 bits per heavy atom. The highest BCUT2D eigenvalue weighted by Gasteiger charge is 2.06. The molecule has 4 heteroatoms. The van der Waals surface area contributed by atoms with Gasteiger partial charge >= 0.3 is 0 Å². The minimum atomic E-state index is -0.254. The van der Waals surface area contributed by atoms with E-state index in [1.54, 1.807) is 31.3 Å². The van der Waals surface area contributed by atoms with Gasteiger partial charge in [-0.15, -0.1) is 11.6 Å². The van der Waals surface area contributed by atoms with Gasteiger partial charge in [-0.25, -0.2) is 9.37 Å². The molecule has 0 bridgehead atoms. The quantitative estimate of drug-likeness (QED) is 0.768. The SMILES string of the molecule is Cc1cc(Oc2ncccc2CCl)ccc1F. The van der Waals surface area contributed by atoms with Crippen molar-refractivity contribution in [3.8, 4) is 11.6 Å². The first kappa shape index (κ1) is 11.9. The van der Waals surface area contributed by atoms with Gasteiger partial charge in [0.15, 0.2) is 0 Å². The Morgan fingerprint density at radius 2 is 2.18 bits per heavy atom. The molecule has 1 aromatic carbocycles. The fourth-order valence-corrected chi connectivity index (χ4v) is 1.61. The summed E-state index contributed by atoms with van der Waals surface area (Å²) in [5.41, 5.74) is 1.34. The number of halogens is 2. The van der Waals surface area contributed by atoms with Crippen molar-refractivity contribution in [2.75, 3.05) is 0 Å². The van der Waals surface area contributed by atoms with Crippen LogP contribution in [0.2, 0.25) is 0 Å². The molecule has 0 radical (unpaired) electrons. The van der Waals surface area contributed by atoms with Crippen LogP contribution in [0.1, 0.15) is 11.1 Å². The highest BCUT2D eigenvalue weighted by atomic mass is 35.5. The topological polar surface area (TPSA) is 22.1 Å². The second kappa shape index (κ2) is 5.15. The molecule has 0 unspecified atom stereocenters. The van der Waals surface area contributed by atoms with Crippen LogP contribution in [-0.2, 0) is 5.88 Å². The highest BCUT2D eigenvalue weighted by Crippen LogP contribution is 2.25. The Hall–Kier alpha value is -1.61. The molecule has 0 saturated carbocycles. The number of aryl methyl sites for hydroxylation is 1. The summed E-state index contributed by atoms with van der Waals surface area (Å²) in [7, 11) is 0. The number of pyridine rings is 1. The molecule has 0 aliphatic heterocycles. The summed E-state index contributed by atoms with van der Waals surface area (Å²) in [6.45, 7) is 1.68. The number of nitrogens with zero attached hydrogens (tertiary/aromatic N) is 1. The fourth-order valence-electron chi connectivity index (χ4n) is 1.41. The van der Waals surface area contributed by atoms with Gasteiger partial charge in [-0.1, -0.05) is 6.07 Å². The number of hydrogen-bond acceptors (Lipinski definition) is 2. The van der Waals surface area contributed by atoms with Crippen LogP contribution in [-0.4, -0.2) is 4.98 Å². The number of ether oxygens (including phenoxy) is 1. The van der Waals surface area contributed by atoms with Gasteiger partial charge in [-0.05, 0) is 36.8 Å². The lowest BCUT2D eigenvalue weighted by Crippen LogP contribution is -1.93. The largest absolute Gasteiger partial charge is 0.439 e. The zero-order valence-electron chi connectivity index (χ0n) is 9.28. The molecule has 0 spiro atoms. The van der Waals surface area contributed by atoms with Crippen molar-refractivity contribution in [3.05, 3.63) is 53.5 Å². The minimum Gasteiger partial charge on any atom is -0.439 e. The smallest absolute Gasteiger partial charge is 0.223 e. The van der Waals surface area contributed by atoms with Crippen LogP contribution in [0.4, 0.5) is 4.39 Å². The van der Waals surface area contributed by atoms with Crippen molar-refractivity contribution in [2.24, 2.45) is 0 Å². The third-order valence-corrected chi connectivity index (χ3v) is 2.63. The lowest BCUT2D eigenvalue weighted by molar-refractivity contribution is 0.456. The lowest BCUT2D eigenvalue weighted by Gasteiger charge is -2.08. The average Bonchev–Trinajstić information content (AvgIpc) is 2.34. The summed E-state index contributed by atoms with van der Waals surface area (Å²) >= 11 is 5.77. The van der Waals surface area contributed by atoms with E-state index in [-0.39, 0.29) is 5.82 Å². The Bertz CT molecular complexity index is 531. The molecule has 0 atom stereocenters. The van der Waals surface area contributed by atoms with Crippen molar-refractivity contribution in [2.45, 2.75) is 12.8 Å². The molecule has 2 aromatic rings. The standard InChI is InChI=1S/C13H11ClFNO/c1-9-7-11(4-5-12(9)15)17-13-10(8-14)3-2-6-16-13/h2-7H,8H2,1H3. The first-order valence-corrected chi connectivity index (χ1v) is 5.68. The molecule has 2 rings (SSSR count). The molecule has 0 fully saturated rings. The monoisotopic (exact) mass is 251 g/mol. The van der Waals surface area contributed by atoms with E-state index in [9.17, 15) is 4.39 Å². The predicted octanol–water partition coefficient (Wildman–Crippen LogP) is 4.06. The summed E-state index contributed by atoms with van der Waals surface area (Å²) in [4.78, 5) is 4.10. The lowest BCUT2D eigenvalue weighted by atomic mass is 10.2. The Kier molecular flexibility index (Phi) is 3.59. The first-order valence-electron chi connectivity index (χ1n) is 5.14. The van der Waals surface area contributed by atoms with Gasteiger partial charge in [0.25, 0.3) is 0 Å². The van der Waals surface area contributed by atoms with E-state index in [1.807, 2.05) is 6.07 Å². The van der Waals surface area contributed by atoms with Crippen LogP contribution >= 0.6 is 11.6 Å². The van der Waals surface area contributed by atoms with E-state index >= 15 is 0 Å². The normalized spacial score (nSPS) is 10.3. The van der Waals surface area contributed by atoms with E-state index in [4.69, 9.17) is 16.3 Å². The number of benzene rings is 1. The molecule has 2 nitrogen and oxygen atoms in total. The molecule has 0 aliphatic carbocycles. The van der Waals surface area contributed by atoms with Crippen LogP contribution in [0.5, 0.6) is 11.6 Å². The molecule has 88 valence electrons. The Labute approximate surface area is 104 Å². The number of rotatable bonds is 3. The summed E-state index contributed by atoms with van der Waals surface area (Å²) in [6, 6.07) is 8.19. The van der Waals surface area contributed by atoms with Crippen LogP contribution < -0.4 is 4.74 Å². The average molecular weight is 252 g/mol. The maximum absolute atomic E-state index is 13.1. The van der Waals surface area contributed by atoms with E-state index in [0.29, 0.717) is 23.1 Å². The van der Waals surface area contributed by atoms with E-state index in [0.717, 1.165) is 5.56 Å². The molecule has 0 aliphatic rings. The molecular weight excluding hydrogens is 241 g/mol. The predicted molar refractivity (Wildman–Crippen MR) is 65.0 cm³/mol. The van der Waals surface area contributed by atoms with Gasteiger partial charge < -0.3 is 4.74 Å². The second-order valence-corrected chi connectivity index (χ2v) is 3.88. The zero-order chi connectivity index (χ0) is 12.3. The van der Waals surface area contributed by atoms with Crippen molar-refractivity contribution >= 4 is 11.6 Å². The maximum Gasteiger partial charge on any atom is 0.223 e. The van der Waals surface area contributed by atoms with Gasteiger partial charge in [0.1, 0.15) is 11.6 Å². The van der Waals surface area contributed by atoms with Crippen LogP contribution in [0.25, 0.3) is 0 Å². The van der Waals surface area contributed by atoms with Crippen LogP contribution in [0.3, 0.4) is 0 Å².